The Kier molecular flexibility index (Phi) is 16.1. The molecule has 0 unspecified atom stereocenters. The zero-order chi connectivity index (χ0) is 11.2. The van der Waals surface area contributed by atoms with Gasteiger partial charge in [-0.3, -0.25) is 4.79 Å². The fourth-order valence-electron chi connectivity index (χ4n) is 1.06. The van der Waals surface area contributed by atoms with E-state index >= 15 is 0 Å². The minimum atomic E-state index is -0.666. The van der Waals surface area contributed by atoms with Crippen molar-refractivity contribution in [2.45, 2.75) is 51.9 Å². The molecular weight excluding hydrogens is 178 g/mol. The lowest BCUT2D eigenvalue weighted by Gasteiger charge is -1.97. The lowest BCUT2D eigenvalue weighted by molar-refractivity contribution is -0.137. The van der Waals surface area contributed by atoms with Crippen molar-refractivity contribution >= 4 is 5.97 Å². The molecule has 0 fully saturated rings. The van der Waals surface area contributed by atoms with Gasteiger partial charge in [-0.1, -0.05) is 45.6 Å². The third kappa shape index (κ3) is 22.5. The number of unbranched alkanes of at least 4 members (excludes halogenated alkanes) is 5. The molecule has 0 amide bonds. The Bertz CT molecular complexity index is 135. The molecule has 0 saturated carbocycles. The molecule has 0 aliphatic rings. The number of hydrogen-bond donors (Lipinski definition) is 2. The number of nitrogens with two attached hydrogens (primary N) is 1. The molecule has 3 nitrogen and oxygen atoms in total. The Balaban J connectivity index is 0. The first kappa shape index (κ1) is 15.5. The normalized spacial score (nSPS) is 8.64. The van der Waals surface area contributed by atoms with E-state index in [2.05, 4.69) is 19.2 Å². The van der Waals surface area contributed by atoms with Crippen LogP contribution in [0.4, 0.5) is 0 Å². The largest absolute Gasteiger partial charge is 0.481 e. The smallest absolute Gasteiger partial charge is 0.303 e. The molecule has 0 saturated heterocycles. The van der Waals surface area contributed by atoms with E-state index in [1.165, 1.54) is 31.9 Å². The summed E-state index contributed by atoms with van der Waals surface area (Å²) in [5.41, 5.74) is 4.61. The first-order valence-electron chi connectivity index (χ1n) is 5.23. The number of carbonyl (C=O) groups is 1. The van der Waals surface area contributed by atoms with Crippen molar-refractivity contribution in [2.24, 2.45) is 5.73 Å². The van der Waals surface area contributed by atoms with Crippen LogP contribution in [0.3, 0.4) is 0 Å². The first-order chi connectivity index (χ1) is 6.68. The van der Waals surface area contributed by atoms with Gasteiger partial charge in [-0.2, -0.15) is 0 Å². The molecule has 0 spiro atoms. The SMILES string of the molecule is C=CN.CCCCCCCCC(=O)O. The van der Waals surface area contributed by atoms with Crippen LogP contribution in [-0.4, -0.2) is 11.1 Å². The lowest BCUT2D eigenvalue weighted by atomic mass is 10.1. The summed E-state index contributed by atoms with van der Waals surface area (Å²) in [5.74, 6) is -0.666. The van der Waals surface area contributed by atoms with Gasteiger partial charge in [0, 0.05) is 6.42 Å². The molecule has 0 aliphatic heterocycles. The summed E-state index contributed by atoms with van der Waals surface area (Å²) in [7, 11) is 0. The van der Waals surface area contributed by atoms with Gasteiger partial charge < -0.3 is 10.8 Å². The molecule has 0 aromatic rings. The maximum atomic E-state index is 10.1. The molecule has 0 bridgehead atoms. The van der Waals surface area contributed by atoms with Gasteiger partial charge in [0.1, 0.15) is 0 Å². The summed E-state index contributed by atoms with van der Waals surface area (Å²) in [6.45, 7) is 5.32. The highest BCUT2D eigenvalue weighted by Gasteiger charge is 1.95. The van der Waals surface area contributed by atoms with Crippen LogP contribution in [0.2, 0.25) is 0 Å². The molecule has 0 aromatic heterocycles. The van der Waals surface area contributed by atoms with Gasteiger partial charge in [-0.15, -0.1) is 0 Å². The lowest BCUT2D eigenvalue weighted by Crippen LogP contribution is -1.93. The minimum absolute atomic E-state index is 0.339. The number of carboxylic acid groups (broad SMARTS) is 1. The van der Waals surface area contributed by atoms with E-state index in [1.807, 2.05) is 0 Å². The van der Waals surface area contributed by atoms with Crippen molar-refractivity contribution in [2.75, 3.05) is 0 Å². The van der Waals surface area contributed by atoms with Crippen LogP contribution >= 0.6 is 0 Å². The number of carboxylic acids is 1. The third-order valence-electron chi connectivity index (χ3n) is 1.74. The van der Waals surface area contributed by atoms with E-state index in [0.717, 1.165) is 12.8 Å². The van der Waals surface area contributed by atoms with Gasteiger partial charge in [0.05, 0.1) is 0 Å². The summed E-state index contributed by atoms with van der Waals surface area (Å²) in [5, 5.41) is 8.32. The molecule has 0 aromatic carbocycles. The van der Waals surface area contributed by atoms with Crippen LogP contribution in [0.25, 0.3) is 0 Å². The molecule has 3 N–H and O–H groups in total. The highest BCUT2D eigenvalue weighted by Crippen LogP contribution is 2.06. The van der Waals surface area contributed by atoms with Gasteiger partial charge in [0.25, 0.3) is 0 Å². The molecule has 0 aliphatic carbocycles. The molecular formula is C11H23NO2. The van der Waals surface area contributed by atoms with E-state index in [4.69, 9.17) is 5.11 Å². The summed E-state index contributed by atoms with van der Waals surface area (Å²) in [6.07, 6.45) is 8.50. The second kappa shape index (κ2) is 14.5. The Labute approximate surface area is 87.0 Å². The Morgan fingerprint density at radius 1 is 1.29 bits per heavy atom. The Morgan fingerprint density at radius 3 is 2.14 bits per heavy atom. The van der Waals surface area contributed by atoms with Gasteiger partial charge in [0.15, 0.2) is 0 Å². The van der Waals surface area contributed by atoms with Crippen molar-refractivity contribution in [3.8, 4) is 0 Å². The molecule has 0 radical (unpaired) electrons. The van der Waals surface area contributed by atoms with Crippen molar-refractivity contribution in [3.63, 3.8) is 0 Å². The number of aliphatic carboxylic acids is 1. The van der Waals surface area contributed by atoms with E-state index in [0.29, 0.717) is 6.42 Å². The standard InChI is InChI=1S/C9H18O2.C2H5N/c1-2-3-4-5-6-7-8-9(10)11;1-2-3/h2-8H2,1H3,(H,10,11);2H,1,3H2. The molecule has 0 heterocycles. The van der Waals surface area contributed by atoms with Crippen molar-refractivity contribution in [1.82, 2.24) is 0 Å². The molecule has 0 rings (SSSR count). The minimum Gasteiger partial charge on any atom is -0.481 e. The third-order valence-corrected chi connectivity index (χ3v) is 1.74. The highest BCUT2D eigenvalue weighted by molar-refractivity contribution is 5.66. The Morgan fingerprint density at radius 2 is 1.71 bits per heavy atom. The van der Waals surface area contributed by atoms with Crippen LogP contribution < -0.4 is 5.73 Å². The second-order valence-electron chi connectivity index (χ2n) is 3.15. The van der Waals surface area contributed by atoms with Crippen molar-refractivity contribution in [3.05, 3.63) is 12.8 Å². The van der Waals surface area contributed by atoms with Gasteiger partial charge in [-0.25, -0.2) is 0 Å². The van der Waals surface area contributed by atoms with Crippen LogP contribution in [0.1, 0.15) is 51.9 Å². The fourth-order valence-corrected chi connectivity index (χ4v) is 1.06. The monoisotopic (exact) mass is 201 g/mol. The molecule has 14 heavy (non-hydrogen) atoms. The maximum Gasteiger partial charge on any atom is 0.303 e. The maximum absolute atomic E-state index is 10.1. The van der Waals surface area contributed by atoms with Gasteiger partial charge in [-0.05, 0) is 12.6 Å². The summed E-state index contributed by atoms with van der Waals surface area (Å²) < 4.78 is 0. The fraction of sp³-hybridized carbons (Fsp3) is 0.727. The number of hydrogen-bond acceptors (Lipinski definition) is 2. The van der Waals surface area contributed by atoms with Crippen LogP contribution in [-0.2, 0) is 4.79 Å². The predicted molar refractivity (Wildman–Crippen MR) is 60.0 cm³/mol. The van der Waals surface area contributed by atoms with Gasteiger partial charge in [0.2, 0.25) is 0 Å². The van der Waals surface area contributed by atoms with E-state index in [-0.39, 0.29) is 0 Å². The van der Waals surface area contributed by atoms with Gasteiger partial charge >= 0.3 is 5.97 Å². The van der Waals surface area contributed by atoms with Crippen molar-refractivity contribution < 1.29 is 9.90 Å². The number of rotatable bonds is 7. The predicted octanol–water partition coefficient (Wildman–Crippen LogP) is 2.91. The Hall–Kier alpha value is -0.990. The second-order valence-corrected chi connectivity index (χ2v) is 3.15. The summed E-state index contributed by atoms with van der Waals surface area (Å²) in [6, 6.07) is 0. The summed E-state index contributed by atoms with van der Waals surface area (Å²) in [4.78, 5) is 10.1. The zero-order valence-electron chi connectivity index (χ0n) is 9.17. The zero-order valence-corrected chi connectivity index (χ0v) is 9.17. The van der Waals surface area contributed by atoms with Crippen LogP contribution in [0.15, 0.2) is 12.8 Å². The van der Waals surface area contributed by atoms with Crippen molar-refractivity contribution in [1.29, 1.82) is 0 Å². The first-order valence-corrected chi connectivity index (χ1v) is 5.23. The molecule has 0 atom stereocenters. The van der Waals surface area contributed by atoms with E-state index in [1.54, 1.807) is 0 Å². The molecule has 3 heteroatoms. The average molecular weight is 201 g/mol. The quantitative estimate of drug-likeness (QED) is 0.622. The van der Waals surface area contributed by atoms with E-state index < -0.39 is 5.97 Å². The topological polar surface area (TPSA) is 63.3 Å². The summed E-state index contributed by atoms with van der Waals surface area (Å²) >= 11 is 0. The highest BCUT2D eigenvalue weighted by atomic mass is 16.4. The molecule has 84 valence electrons. The van der Waals surface area contributed by atoms with Crippen LogP contribution in [0, 0.1) is 0 Å². The van der Waals surface area contributed by atoms with Crippen LogP contribution in [0.5, 0.6) is 0 Å². The van der Waals surface area contributed by atoms with E-state index in [9.17, 15) is 4.79 Å². The average Bonchev–Trinajstić information content (AvgIpc) is 2.12.